The van der Waals surface area contributed by atoms with Crippen molar-refractivity contribution in [1.29, 1.82) is 0 Å². The second kappa shape index (κ2) is 6.73. The van der Waals surface area contributed by atoms with Crippen LogP contribution in [0.25, 0.3) is 0 Å². The fraction of sp³-hybridized carbons (Fsp3) is 0.667. The van der Waals surface area contributed by atoms with E-state index in [0.29, 0.717) is 6.04 Å². The summed E-state index contributed by atoms with van der Waals surface area (Å²) in [6.45, 7) is 13.6. The smallest absolute Gasteiger partial charge is 0.0234 e. The topological polar surface area (TPSA) is 15.3 Å². The molecule has 1 saturated heterocycles. The van der Waals surface area contributed by atoms with Gasteiger partial charge in [0.2, 0.25) is 0 Å². The third kappa shape index (κ3) is 4.32. The third-order valence-corrected chi connectivity index (χ3v) is 4.22. The lowest BCUT2D eigenvalue weighted by Crippen LogP contribution is -2.45. The lowest BCUT2D eigenvalue weighted by atomic mass is 9.86. The summed E-state index contributed by atoms with van der Waals surface area (Å²) < 4.78 is 0. The van der Waals surface area contributed by atoms with Gasteiger partial charge < -0.3 is 5.32 Å². The minimum absolute atomic E-state index is 0.250. The largest absolute Gasteiger partial charge is 0.313 e. The number of hydrogen-bond donors (Lipinski definition) is 1. The molecule has 1 aliphatic rings. The van der Waals surface area contributed by atoms with Crippen LogP contribution in [0.2, 0.25) is 0 Å². The molecular formula is C18H30N2. The molecule has 0 bridgehead atoms. The predicted molar refractivity (Wildman–Crippen MR) is 87.1 cm³/mol. The first-order valence-corrected chi connectivity index (χ1v) is 8.04. The van der Waals surface area contributed by atoms with Gasteiger partial charge in [-0.2, -0.15) is 0 Å². The van der Waals surface area contributed by atoms with E-state index in [0.717, 1.165) is 13.1 Å². The minimum Gasteiger partial charge on any atom is -0.313 e. The minimum atomic E-state index is 0.250. The first-order chi connectivity index (χ1) is 9.49. The summed E-state index contributed by atoms with van der Waals surface area (Å²) in [4.78, 5) is 2.59. The van der Waals surface area contributed by atoms with Crippen molar-refractivity contribution in [3.8, 4) is 0 Å². The van der Waals surface area contributed by atoms with E-state index in [2.05, 4.69) is 62.2 Å². The summed E-state index contributed by atoms with van der Waals surface area (Å²) in [6, 6.07) is 9.87. The van der Waals surface area contributed by atoms with Gasteiger partial charge in [0.25, 0.3) is 0 Å². The summed E-state index contributed by atoms with van der Waals surface area (Å²) in [5.74, 6) is 0. The number of likely N-dealkylation sites (N-methyl/N-ethyl adjacent to an activating group) is 1. The van der Waals surface area contributed by atoms with Crippen molar-refractivity contribution in [3.63, 3.8) is 0 Å². The third-order valence-electron chi connectivity index (χ3n) is 4.22. The molecule has 0 amide bonds. The van der Waals surface area contributed by atoms with E-state index in [9.17, 15) is 0 Å². The Morgan fingerprint density at radius 2 is 1.90 bits per heavy atom. The number of nitrogens with zero attached hydrogens (tertiary/aromatic N) is 1. The Labute approximate surface area is 124 Å². The van der Waals surface area contributed by atoms with E-state index in [1.165, 1.54) is 37.1 Å². The van der Waals surface area contributed by atoms with Crippen molar-refractivity contribution in [1.82, 2.24) is 10.2 Å². The first kappa shape index (κ1) is 15.5. The summed E-state index contributed by atoms with van der Waals surface area (Å²) >= 11 is 0. The van der Waals surface area contributed by atoms with Crippen LogP contribution >= 0.6 is 0 Å². The van der Waals surface area contributed by atoms with Gasteiger partial charge in [-0.1, -0.05) is 52.0 Å². The molecule has 2 heteroatoms. The Morgan fingerprint density at radius 1 is 1.20 bits per heavy atom. The van der Waals surface area contributed by atoms with Gasteiger partial charge in [-0.3, -0.25) is 4.90 Å². The molecule has 1 unspecified atom stereocenters. The summed E-state index contributed by atoms with van der Waals surface area (Å²) in [5, 5.41) is 3.59. The van der Waals surface area contributed by atoms with Crippen molar-refractivity contribution in [2.75, 3.05) is 19.6 Å². The van der Waals surface area contributed by atoms with Gasteiger partial charge >= 0.3 is 0 Å². The van der Waals surface area contributed by atoms with E-state index in [4.69, 9.17) is 0 Å². The zero-order chi connectivity index (χ0) is 14.6. The highest BCUT2D eigenvalue weighted by Gasteiger charge is 2.19. The first-order valence-electron chi connectivity index (χ1n) is 8.04. The molecule has 20 heavy (non-hydrogen) atoms. The molecule has 1 atom stereocenters. The van der Waals surface area contributed by atoms with Crippen LogP contribution < -0.4 is 5.32 Å². The van der Waals surface area contributed by atoms with Crippen LogP contribution in [-0.2, 0) is 12.0 Å². The fourth-order valence-electron chi connectivity index (χ4n) is 3.02. The molecular weight excluding hydrogens is 244 g/mol. The van der Waals surface area contributed by atoms with Gasteiger partial charge in [-0.15, -0.1) is 0 Å². The molecule has 1 aromatic carbocycles. The van der Waals surface area contributed by atoms with E-state index in [1.54, 1.807) is 0 Å². The fourth-order valence-corrected chi connectivity index (χ4v) is 3.02. The van der Waals surface area contributed by atoms with Crippen molar-refractivity contribution in [2.24, 2.45) is 0 Å². The molecule has 1 heterocycles. The van der Waals surface area contributed by atoms with Crippen molar-refractivity contribution >= 4 is 0 Å². The molecule has 112 valence electrons. The number of nitrogens with one attached hydrogen (secondary N) is 1. The molecule has 0 aliphatic carbocycles. The van der Waals surface area contributed by atoms with Crippen LogP contribution in [0, 0.1) is 0 Å². The molecule has 1 aliphatic heterocycles. The highest BCUT2D eigenvalue weighted by Crippen LogP contribution is 2.23. The molecule has 1 N–H and O–H groups in total. The molecule has 1 fully saturated rings. The number of benzene rings is 1. The second-order valence-corrected chi connectivity index (χ2v) is 7.08. The molecule has 0 spiro atoms. The second-order valence-electron chi connectivity index (χ2n) is 7.08. The number of hydrogen-bond acceptors (Lipinski definition) is 2. The van der Waals surface area contributed by atoms with Crippen molar-refractivity contribution in [3.05, 3.63) is 35.4 Å². The molecule has 2 nitrogen and oxygen atoms in total. The summed E-state index contributed by atoms with van der Waals surface area (Å²) in [7, 11) is 0. The molecule has 0 aromatic heterocycles. The number of rotatable bonds is 4. The summed E-state index contributed by atoms with van der Waals surface area (Å²) in [6.07, 6.45) is 2.64. The van der Waals surface area contributed by atoms with Gasteiger partial charge in [0.1, 0.15) is 0 Å². The zero-order valence-corrected chi connectivity index (χ0v) is 13.6. The van der Waals surface area contributed by atoms with Crippen LogP contribution in [0.3, 0.4) is 0 Å². The molecule has 1 aromatic rings. The van der Waals surface area contributed by atoms with E-state index < -0.39 is 0 Å². The van der Waals surface area contributed by atoms with E-state index in [-0.39, 0.29) is 5.41 Å². The lowest BCUT2D eigenvalue weighted by molar-refractivity contribution is 0.184. The van der Waals surface area contributed by atoms with Crippen molar-refractivity contribution in [2.45, 2.75) is 58.5 Å². The maximum absolute atomic E-state index is 3.59. The van der Waals surface area contributed by atoms with Crippen LogP contribution in [0.15, 0.2) is 24.3 Å². The monoisotopic (exact) mass is 274 g/mol. The Hall–Kier alpha value is -0.860. The van der Waals surface area contributed by atoms with Crippen LogP contribution in [-0.4, -0.2) is 30.6 Å². The Bertz CT molecular complexity index is 400. The average molecular weight is 274 g/mol. The van der Waals surface area contributed by atoms with E-state index >= 15 is 0 Å². The number of piperidine rings is 1. The maximum atomic E-state index is 3.59. The summed E-state index contributed by atoms with van der Waals surface area (Å²) in [5.41, 5.74) is 3.11. The molecule has 0 saturated carbocycles. The van der Waals surface area contributed by atoms with Gasteiger partial charge in [0, 0.05) is 19.1 Å². The maximum Gasteiger partial charge on any atom is 0.0234 e. The van der Waals surface area contributed by atoms with Crippen LogP contribution in [0.4, 0.5) is 0 Å². The standard InChI is InChI=1S/C18H30N2/c1-5-19-17-7-6-12-20(14-17)13-15-8-10-16(11-9-15)18(2,3)4/h8-11,17,19H,5-7,12-14H2,1-4H3. The van der Waals surface area contributed by atoms with Gasteiger partial charge in [0.05, 0.1) is 0 Å². The highest BCUT2D eigenvalue weighted by molar-refractivity contribution is 5.27. The zero-order valence-electron chi connectivity index (χ0n) is 13.6. The molecule has 0 radical (unpaired) electrons. The van der Waals surface area contributed by atoms with E-state index in [1.807, 2.05) is 0 Å². The van der Waals surface area contributed by atoms with Crippen LogP contribution in [0.5, 0.6) is 0 Å². The van der Waals surface area contributed by atoms with Gasteiger partial charge in [-0.05, 0) is 42.5 Å². The normalized spacial score (nSPS) is 21.1. The Kier molecular flexibility index (Phi) is 5.22. The Morgan fingerprint density at radius 3 is 2.50 bits per heavy atom. The SMILES string of the molecule is CCNC1CCCN(Cc2ccc(C(C)(C)C)cc2)C1. The highest BCUT2D eigenvalue weighted by atomic mass is 15.2. The molecule has 2 rings (SSSR count). The average Bonchev–Trinajstić information content (AvgIpc) is 2.39. The lowest BCUT2D eigenvalue weighted by Gasteiger charge is -2.33. The van der Waals surface area contributed by atoms with Gasteiger partial charge in [-0.25, -0.2) is 0 Å². The Balaban J connectivity index is 1.93. The quantitative estimate of drug-likeness (QED) is 0.903. The van der Waals surface area contributed by atoms with Crippen LogP contribution in [0.1, 0.15) is 51.7 Å². The number of likely N-dealkylation sites (tertiary alicyclic amines) is 1. The predicted octanol–water partition coefficient (Wildman–Crippen LogP) is 3.56. The van der Waals surface area contributed by atoms with Gasteiger partial charge in [0.15, 0.2) is 0 Å². The van der Waals surface area contributed by atoms with Crippen molar-refractivity contribution < 1.29 is 0 Å².